The first-order chi connectivity index (χ1) is 14.7. The van der Waals surface area contributed by atoms with Crippen LogP contribution in [0.3, 0.4) is 0 Å². The Labute approximate surface area is 181 Å². The Balaban J connectivity index is 1.87. The highest BCUT2D eigenvalue weighted by Crippen LogP contribution is 2.29. The Kier molecular flexibility index (Phi) is 6.91. The molecule has 0 atom stereocenters. The topological polar surface area (TPSA) is 119 Å². The molecule has 1 amide bonds. The van der Waals surface area contributed by atoms with E-state index in [9.17, 15) is 23.3 Å². The maximum atomic E-state index is 12.9. The Morgan fingerprint density at radius 2 is 1.87 bits per heavy atom. The van der Waals surface area contributed by atoms with Crippen LogP contribution in [0.2, 0.25) is 0 Å². The summed E-state index contributed by atoms with van der Waals surface area (Å²) < 4.78 is 32.6. The molecule has 31 heavy (non-hydrogen) atoms. The molecule has 3 rings (SSSR count). The van der Waals surface area contributed by atoms with Crippen LogP contribution in [0.5, 0.6) is 5.75 Å². The number of hydrogen-bond acceptors (Lipinski definition) is 6. The van der Waals surface area contributed by atoms with E-state index in [1.54, 1.807) is 19.9 Å². The number of nitrogens with one attached hydrogen (secondary N) is 1. The number of sulfonamides is 1. The zero-order chi connectivity index (χ0) is 22.6. The molecule has 10 heteroatoms. The summed E-state index contributed by atoms with van der Waals surface area (Å²) in [6.07, 6.45) is 2.66. The number of ether oxygens (including phenoxy) is 1. The predicted molar refractivity (Wildman–Crippen MR) is 116 cm³/mol. The molecule has 0 aromatic heterocycles. The molecule has 1 heterocycles. The SMILES string of the molecule is CCOc1ccc(C(=O)Nc2cc(S(=O)(=O)N3CCCCC3)ccc2C)cc1[N+](=O)[O-]. The number of carbonyl (C=O) groups excluding carboxylic acids is 1. The molecule has 0 unspecified atom stereocenters. The molecule has 1 N–H and O–H groups in total. The molecule has 0 radical (unpaired) electrons. The lowest BCUT2D eigenvalue weighted by atomic mass is 10.1. The summed E-state index contributed by atoms with van der Waals surface area (Å²) in [6, 6.07) is 8.53. The Bertz CT molecular complexity index is 1090. The highest BCUT2D eigenvalue weighted by atomic mass is 32.2. The number of nitrogens with zero attached hydrogens (tertiary/aromatic N) is 2. The lowest BCUT2D eigenvalue weighted by Gasteiger charge is -2.26. The van der Waals surface area contributed by atoms with E-state index in [0.717, 1.165) is 25.3 Å². The second-order valence-electron chi connectivity index (χ2n) is 7.27. The van der Waals surface area contributed by atoms with Gasteiger partial charge in [0.05, 0.1) is 16.4 Å². The van der Waals surface area contributed by atoms with E-state index in [-0.39, 0.29) is 28.5 Å². The summed E-state index contributed by atoms with van der Waals surface area (Å²) in [6.45, 7) is 4.66. The number of aryl methyl sites for hydroxylation is 1. The normalized spacial score (nSPS) is 14.8. The zero-order valence-corrected chi connectivity index (χ0v) is 18.3. The van der Waals surface area contributed by atoms with E-state index in [4.69, 9.17) is 4.74 Å². The van der Waals surface area contributed by atoms with Gasteiger partial charge in [0.1, 0.15) is 0 Å². The van der Waals surface area contributed by atoms with Crippen molar-refractivity contribution in [3.8, 4) is 5.75 Å². The highest BCUT2D eigenvalue weighted by molar-refractivity contribution is 7.89. The van der Waals surface area contributed by atoms with E-state index in [1.165, 1.54) is 28.6 Å². The van der Waals surface area contributed by atoms with Crippen molar-refractivity contribution in [3.05, 3.63) is 57.6 Å². The van der Waals surface area contributed by atoms with Crippen LogP contribution in [0.15, 0.2) is 41.3 Å². The monoisotopic (exact) mass is 447 g/mol. The molecule has 1 aliphatic rings. The average Bonchev–Trinajstić information content (AvgIpc) is 2.76. The number of rotatable bonds is 7. The molecule has 9 nitrogen and oxygen atoms in total. The van der Waals surface area contributed by atoms with Crippen LogP contribution in [0.4, 0.5) is 11.4 Å². The summed E-state index contributed by atoms with van der Waals surface area (Å²) in [5, 5.41) is 14.0. The van der Waals surface area contributed by atoms with E-state index in [2.05, 4.69) is 5.32 Å². The van der Waals surface area contributed by atoms with Gasteiger partial charge in [0.2, 0.25) is 10.0 Å². The van der Waals surface area contributed by atoms with Crippen LogP contribution in [0.1, 0.15) is 42.1 Å². The van der Waals surface area contributed by atoms with Crippen LogP contribution in [0, 0.1) is 17.0 Å². The summed E-state index contributed by atoms with van der Waals surface area (Å²) in [7, 11) is -3.66. The number of hydrogen-bond donors (Lipinski definition) is 1. The predicted octanol–water partition coefficient (Wildman–Crippen LogP) is 3.73. The van der Waals surface area contributed by atoms with E-state index in [1.807, 2.05) is 0 Å². The second-order valence-corrected chi connectivity index (χ2v) is 9.21. The number of anilines is 1. The number of amides is 1. The third-order valence-electron chi connectivity index (χ3n) is 5.13. The van der Waals surface area contributed by atoms with Crippen molar-refractivity contribution < 1.29 is 22.9 Å². The smallest absolute Gasteiger partial charge is 0.311 e. The summed E-state index contributed by atoms with van der Waals surface area (Å²) in [5.74, 6) is -0.503. The fourth-order valence-electron chi connectivity index (χ4n) is 3.42. The first-order valence-electron chi connectivity index (χ1n) is 10.1. The van der Waals surface area contributed by atoms with Crippen molar-refractivity contribution in [2.45, 2.75) is 38.0 Å². The molecule has 166 valence electrons. The van der Waals surface area contributed by atoms with Crippen molar-refractivity contribution in [1.82, 2.24) is 4.31 Å². The van der Waals surface area contributed by atoms with Gasteiger partial charge in [0.15, 0.2) is 5.75 Å². The van der Waals surface area contributed by atoms with E-state index >= 15 is 0 Å². The van der Waals surface area contributed by atoms with Crippen LogP contribution in [0.25, 0.3) is 0 Å². The molecule has 2 aromatic rings. The van der Waals surface area contributed by atoms with E-state index < -0.39 is 20.9 Å². The first kappa shape index (κ1) is 22.7. The molecular weight excluding hydrogens is 422 g/mol. The van der Waals surface area contributed by atoms with Gasteiger partial charge in [-0.05, 0) is 56.5 Å². The maximum absolute atomic E-state index is 12.9. The number of nitro benzene ring substituents is 1. The molecule has 1 aliphatic heterocycles. The fraction of sp³-hybridized carbons (Fsp3) is 0.381. The van der Waals surface area contributed by atoms with Crippen LogP contribution in [-0.2, 0) is 10.0 Å². The Morgan fingerprint density at radius 1 is 1.16 bits per heavy atom. The quantitative estimate of drug-likeness (QED) is 0.510. The van der Waals surface area contributed by atoms with Gasteiger partial charge in [-0.1, -0.05) is 12.5 Å². The number of benzene rings is 2. The zero-order valence-electron chi connectivity index (χ0n) is 17.5. The van der Waals surface area contributed by atoms with Crippen molar-refractivity contribution in [3.63, 3.8) is 0 Å². The minimum atomic E-state index is -3.66. The third-order valence-corrected chi connectivity index (χ3v) is 7.02. The van der Waals surface area contributed by atoms with Crippen molar-refractivity contribution >= 4 is 27.3 Å². The standard InChI is InChI=1S/C21H25N3O6S/c1-3-30-20-10-8-16(13-19(20)24(26)27)21(25)22-18-14-17(9-7-15(18)2)31(28,29)23-11-5-4-6-12-23/h7-10,13-14H,3-6,11-12H2,1-2H3,(H,22,25). The molecule has 1 saturated heterocycles. The number of piperidine rings is 1. The minimum absolute atomic E-state index is 0.0684. The van der Waals surface area contributed by atoms with Crippen LogP contribution < -0.4 is 10.1 Å². The molecular formula is C21H25N3O6S. The van der Waals surface area contributed by atoms with Gasteiger partial charge < -0.3 is 10.1 Å². The van der Waals surface area contributed by atoms with Crippen molar-refractivity contribution in [2.24, 2.45) is 0 Å². The third kappa shape index (κ3) is 5.02. The van der Waals surface area contributed by atoms with Gasteiger partial charge in [-0.2, -0.15) is 4.31 Å². The fourth-order valence-corrected chi connectivity index (χ4v) is 4.97. The first-order valence-corrected chi connectivity index (χ1v) is 11.5. The summed E-state index contributed by atoms with van der Waals surface area (Å²) in [5.41, 5.74) is 0.762. The average molecular weight is 448 g/mol. The lowest BCUT2D eigenvalue weighted by Crippen LogP contribution is -2.35. The van der Waals surface area contributed by atoms with Gasteiger partial charge >= 0.3 is 5.69 Å². The molecule has 0 bridgehead atoms. The van der Waals surface area contributed by atoms with Crippen molar-refractivity contribution in [2.75, 3.05) is 25.0 Å². The number of nitro groups is 1. The lowest BCUT2D eigenvalue weighted by molar-refractivity contribution is -0.385. The van der Waals surface area contributed by atoms with Gasteiger partial charge in [0, 0.05) is 30.4 Å². The minimum Gasteiger partial charge on any atom is -0.487 e. The van der Waals surface area contributed by atoms with Gasteiger partial charge in [-0.15, -0.1) is 0 Å². The molecule has 2 aromatic carbocycles. The highest BCUT2D eigenvalue weighted by Gasteiger charge is 2.27. The summed E-state index contributed by atoms with van der Waals surface area (Å²) >= 11 is 0. The largest absolute Gasteiger partial charge is 0.487 e. The number of carbonyl (C=O) groups is 1. The van der Waals surface area contributed by atoms with Crippen molar-refractivity contribution in [1.29, 1.82) is 0 Å². The van der Waals surface area contributed by atoms with Gasteiger partial charge in [-0.3, -0.25) is 14.9 Å². The Morgan fingerprint density at radius 3 is 2.52 bits per heavy atom. The molecule has 0 saturated carbocycles. The van der Waals surface area contributed by atoms with E-state index in [0.29, 0.717) is 24.3 Å². The maximum Gasteiger partial charge on any atom is 0.311 e. The van der Waals surface area contributed by atoms with Gasteiger partial charge in [-0.25, -0.2) is 8.42 Å². The summed E-state index contributed by atoms with van der Waals surface area (Å²) in [4.78, 5) is 23.5. The van der Waals surface area contributed by atoms with Gasteiger partial charge in [0.25, 0.3) is 5.91 Å². The Hall–Kier alpha value is -2.98. The molecule has 1 fully saturated rings. The second kappa shape index (κ2) is 9.44. The van der Waals surface area contributed by atoms with Crippen LogP contribution in [-0.4, -0.2) is 43.2 Å². The van der Waals surface area contributed by atoms with Crippen LogP contribution >= 0.6 is 0 Å². The molecule has 0 spiro atoms. The molecule has 0 aliphatic carbocycles.